The summed E-state index contributed by atoms with van der Waals surface area (Å²) in [5, 5.41) is 3.05. The van der Waals surface area contributed by atoms with E-state index in [1.54, 1.807) is 23.1 Å². The highest BCUT2D eigenvalue weighted by molar-refractivity contribution is 5.95. The molecule has 2 heterocycles. The van der Waals surface area contributed by atoms with E-state index in [0.717, 1.165) is 12.8 Å². The van der Waals surface area contributed by atoms with Crippen molar-refractivity contribution in [3.05, 3.63) is 53.6 Å². The third-order valence-electron chi connectivity index (χ3n) is 5.64. The van der Waals surface area contributed by atoms with Crippen LogP contribution in [-0.2, 0) is 11.2 Å². The van der Waals surface area contributed by atoms with Crippen molar-refractivity contribution in [2.24, 2.45) is 0 Å². The van der Waals surface area contributed by atoms with Crippen LogP contribution < -0.4 is 19.5 Å². The van der Waals surface area contributed by atoms with Gasteiger partial charge in [0.2, 0.25) is 6.79 Å². The number of amides is 2. The van der Waals surface area contributed by atoms with Crippen LogP contribution in [0.1, 0.15) is 42.1 Å². The first-order chi connectivity index (χ1) is 15.1. The summed E-state index contributed by atoms with van der Waals surface area (Å²) in [6, 6.07) is 13.1. The molecule has 0 saturated carbocycles. The lowest BCUT2D eigenvalue weighted by Gasteiger charge is -2.32. The number of carbonyl (C=O) groups excluding carboxylic acids is 2. The number of likely N-dealkylation sites (tertiary alicyclic amines) is 1. The summed E-state index contributed by atoms with van der Waals surface area (Å²) in [5.74, 6) is 1.78. The van der Waals surface area contributed by atoms with E-state index in [0.29, 0.717) is 48.7 Å². The van der Waals surface area contributed by atoms with Gasteiger partial charge in [-0.1, -0.05) is 25.5 Å². The zero-order chi connectivity index (χ0) is 21.6. The Kier molecular flexibility index (Phi) is 6.60. The van der Waals surface area contributed by atoms with Crippen LogP contribution in [-0.4, -0.2) is 49.2 Å². The predicted octanol–water partition coefficient (Wildman–Crippen LogP) is 3.17. The largest absolute Gasteiger partial charge is 0.484 e. The van der Waals surface area contributed by atoms with Crippen molar-refractivity contribution in [1.82, 2.24) is 10.2 Å². The van der Waals surface area contributed by atoms with Crippen LogP contribution in [0.15, 0.2) is 42.5 Å². The molecule has 2 aromatic carbocycles. The molecular weight excluding hydrogens is 396 g/mol. The Labute approximate surface area is 182 Å². The molecular formula is C24H28N2O5. The number of carbonyl (C=O) groups is 2. The van der Waals surface area contributed by atoms with Gasteiger partial charge in [-0.15, -0.1) is 0 Å². The van der Waals surface area contributed by atoms with Gasteiger partial charge in [-0.2, -0.15) is 0 Å². The van der Waals surface area contributed by atoms with Crippen molar-refractivity contribution in [2.45, 2.75) is 38.6 Å². The number of nitrogens with one attached hydrogen (secondary N) is 1. The standard InChI is InChI=1S/C24H28N2O5/c1-2-3-17-4-7-20(8-5-17)29-15-23(27)26-12-10-19(11-13-26)25-24(28)18-6-9-21-22(14-18)31-16-30-21/h4-9,14,19H,2-3,10-13,15-16H2,1H3,(H,25,28). The molecule has 0 atom stereocenters. The highest BCUT2D eigenvalue weighted by atomic mass is 16.7. The highest BCUT2D eigenvalue weighted by Crippen LogP contribution is 2.32. The van der Waals surface area contributed by atoms with Crippen LogP contribution in [0.3, 0.4) is 0 Å². The van der Waals surface area contributed by atoms with Gasteiger partial charge in [0, 0.05) is 24.7 Å². The van der Waals surface area contributed by atoms with Crippen LogP contribution in [0.25, 0.3) is 0 Å². The van der Waals surface area contributed by atoms with E-state index in [-0.39, 0.29) is 31.3 Å². The average molecular weight is 424 g/mol. The first-order valence-corrected chi connectivity index (χ1v) is 10.8. The first-order valence-electron chi connectivity index (χ1n) is 10.8. The van der Waals surface area contributed by atoms with Crippen molar-refractivity contribution in [2.75, 3.05) is 26.5 Å². The quantitative estimate of drug-likeness (QED) is 0.739. The van der Waals surface area contributed by atoms with Crippen molar-refractivity contribution >= 4 is 11.8 Å². The summed E-state index contributed by atoms with van der Waals surface area (Å²) in [4.78, 5) is 26.8. The van der Waals surface area contributed by atoms with Crippen LogP contribution in [0.4, 0.5) is 0 Å². The summed E-state index contributed by atoms with van der Waals surface area (Å²) in [6.07, 6.45) is 3.58. The molecule has 0 radical (unpaired) electrons. The molecule has 164 valence electrons. The summed E-state index contributed by atoms with van der Waals surface area (Å²) >= 11 is 0. The van der Waals surface area contributed by atoms with Gasteiger partial charge in [0.15, 0.2) is 18.1 Å². The predicted molar refractivity (Wildman–Crippen MR) is 116 cm³/mol. The molecule has 7 heteroatoms. The molecule has 0 aromatic heterocycles. The average Bonchev–Trinajstić information content (AvgIpc) is 3.27. The second kappa shape index (κ2) is 9.73. The summed E-state index contributed by atoms with van der Waals surface area (Å²) in [5.41, 5.74) is 1.81. The topological polar surface area (TPSA) is 77.1 Å². The number of hydrogen-bond donors (Lipinski definition) is 1. The smallest absolute Gasteiger partial charge is 0.260 e. The molecule has 4 rings (SSSR count). The van der Waals surface area contributed by atoms with Crippen LogP contribution in [0.5, 0.6) is 17.2 Å². The van der Waals surface area contributed by atoms with Gasteiger partial charge >= 0.3 is 0 Å². The van der Waals surface area contributed by atoms with E-state index in [9.17, 15) is 9.59 Å². The van der Waals surface area contributed by atoms with Crippen LogP contribution in [0.2, 0.25) is 0 Å². The summed E-state index contributed by atoms with van der Waals surface area (Å²) in [7, 11) is 0. The van der Waals surface area contributed by atoms with Gasteiger partial charge in [0.05, 0.1) is 0 Å². The molecule has 0 bridgehead atoms. The molecule has 2 aliphatic heterocycles. The molecule has 0 spiro atoms. The Morgan fingerprint density at radius 2 is 1.81 bits per heavy atom. The third kappa shape index (κ3) is 5.29. The number of piperidine rings is 1. The normalized spacial score (nSPS) is 15.6. The molecule has 1 fully saturated rings. The van der Waals surface area contributed by atoms with Crippen molar-refractivity contribution in [1.29, 1.82) is 0 Å². The number of benzene rings is 2. The number of hydrogen-bond acceptors (Lipinski definition) is 5. The number of ether oxygens (including phenoxy) is 3. The Hall–Kier alpha value is -3.22. The number of nitrogens with zero attached hydrogens (tertiary/aromatic N) is 1. The van der Waals surface area contributed by atoms with E-state index >= 15 is 0 Å². The van der Waals surface area contributed by atoms with Crippen LogP contribution >= 0.6 is 0 Å². The second-order valence-corrected chi connectivity index (χ2v) is 7.88. The van der Waals surface area contributed by atoms with E-state index < -0.39 is 0 Å². The lowest BCUT2D eigenvalue weighted by molar-refractivity contribution is -0.134. The fourth-order valence-electron chi connectivity index (χ4n) is 3.86. The molecule has 1 N–H and O–H groups in total. The monoisotopic (exact) mass is 424 g/mol. The van der Waals surface area contributed by atoms with E-state index in [2.05, 4.69) is 12.2 Å². The minimum Gasteiger partial charge on any atom is -0.484 e. The minimum absolute atomic E-state index is 0.0291. The number of rotatable bonds is 7. The minimum atomic E-state index is -0.141. The Bertz CT molecular complexity index is 920. The van der Waals surface area contributed by atoms with Gasteiger partial charge in [-0.25, -0.2) is 0 Å². The van der Waals surface area contributed by atoms with Crippen molar-refractivity contribution in [3.8, 4) is 17.2 Å². The first kappa shape index (κ1) is 21.0. The molecule has 0 unspecified atom stereocenters. The molecule has 31 heavy (non-hydrogen) atoms. The van der Waals surface area contributed by atoms with Gasteiger partial charge in [0.25, 0.3) is 11.8 Å². The Balaban J connectivity index is 1.21. The number of fused-ring (bicyclic) bond motifs is 1. The zero-order valence-corrected chi connectivity index (χ0v) is 17.8. The van der Waals surface area contributed by atoms with Gasteiger partial charge in [-0.05, 0) is 55.2 Å². The second-order valence-electron chi connectivity index (χ2n) is 7.88. The molecule has 7 nitrogen and oxygen atoms in total. The maximum absolute atomic E-state index is 12.5. The van der Waals surface area contributed by atoms with Gasteiger partial charge < -0.3 is 24.4 Å². The molecule has 0 aliphatic carbocycles. The summed E-state index contributed by atoms with van der Waals surface area (Å²) < 4.78 is 16.3. The lowest BCUT2D eigenvalue weighted by atomic mass is 10.0. The molecule has 2 amide bonds. The zero-order valence-electron chi connectivity index (χ0n) is 17.8. The van der Waals surface area contributed by atoms with E-state index in [1.807, 2.05) is 24.3 Å². The van der Waals surface area contributed by atoms with Crippen LogP contribution in [0, 0.1) is 0 Å². The highest BCUT2D eigenvalue weighted by Gasteiger charge is 2.25. The fraction of sp³-hybridized carbons (Fsp3) is 0.417. The van der Waals surface area contributed by atoms with E-state index in [1.165, 1.54) is 5.56 Å². The SMILES string of the molecule is CCCc1ccc(OCC(=O)N2CCC(NC(=O)c3ccc4c(c3)OCO4)CC2)cc1. The lowest BCUT2D eigenvalue weighted by Crippen LogP contribution is -2.47. The van der Waals surface area contributed by atoms with Crippen molar-refractivity contribution in [3.63, 3.8) is 0 Å². The van der Waals surface area contributed by atoms with E-state index in [4.69, 9.17) is 14.2 Å². The molecule has 2 aliphatic rings. The summed E-state index contributed by atoms with van der Waals surface area (Å²) in [6.45, 7) is 3.56. The maximum atomic E-state index is 12.5. The number of aryl methyl sites for hydroxylation is 1. The molecule has 2 aromatic rings. The van der Waals surface area contributed by atoms with Gasteiger partial charge in [0.1, 0.15) is 5.75 Å². The fourth-order valence-corrected chi connectivity index (χ4v) is 3.86. The maximum Gasteiger partial charge on any atom is 0.260 e. The third-order valence-corrected chi connectivity index (χ3v) is 5.64. The van der Waals surface area contributed by atoms with Gasteiger partial charge in [-0.3, -0.25) is 9.59 Å². The van der Waals surface area contributed by atoms with Crippen molar-refractivity contribution < 1.29 is 23.8 Å². The molecule has 1 saturated heterocycles. The Morgan fingerprint density at radius 1 is 1.06 bits per heavy atom. The Morgan fingerprint density at radius 3 is 2.55 bits per heavy atom.